The summed E-state index contributed by atoms with van der Waals surface area (Å²) in [5.74, 6) is 0.167. The lowest BCUT2D eigenvalue weighted by molar-refractivity contribution is -0.192. The Labute approximate surface area is 513 Å². The molecule has 0 aromatic heterocycles. The number of carbonyl (C=O) groups is 3. The highest BCUT2D eigenvalue weighted by atomic mass is 16.7. The van der Waals surface area contributed by atoms with E-state index >= 15 is 0 Å². The highest BCUT2D eigenvalue weighted by molar-refractivity contribution is 5.73. The number of ether oxygens (including phenoxy) is 2. The molecule has 0 aromatic carbocycles. The third kappa shape index (κ3) is 57.4. The van der Waals surface area contributed by atoms with Gasteiger partial charge in [0.05, 0.1) is 31.6 Å². The molecule has 2 unspecified atom stereocenters. The number of hydrogen-bond donors (Lipinski definition) is 0. The standard InChI is InChI=1S/C74H146N2O6/c1-7-13-19-25-29-31-33-35-45-55-65-76(66-56-46-36-34-32-30-26-20-14-8-2)82-72(77)69-75(63-53-43-37-39-47-57-67-80-73(78)70(59-49-23-17-11-5)61-51-41-27-21-15-9-3)64-54-44-38-40-48-58-68-81-74(79)71(60-50-24-18-12-6)62-52-42-28-22-16-10-4/h70-71H,7-69H2,1-6H3. The lowest BCUT2D eigenvalue weighted by Crippen LogP contribution is -2.37. The van der Waals surface area contributed by atoms with E-state index < -0.39 is 0 Å². The zero-order valence-electron chi connectivity index (χ0n) is 56.5. The minimum atomic E-state index is -0.0893. The van der Waals surface area contributed by atoms with Crippen molar-refractivity contribution in [2.75, 3.05) is 45.9 Å². The first-order valence-electron chi connectivity index (χ1n) is 37.4. The van der Waals surface area contributed by atoms with Crippen LogP contribution in [0.5, 0.6) is 0 Å². The van der Waals surface area contributed by atoms with E-state index in [1.54, 1.807) is 0 Å². The van der Waals surface area contributed by atoms with Gasteiger partial charge in [0.15, 0.2) is 0 Å². The van der Waals surface area contributed by atoms with Gasteiger partial charge in [0, 0.05) is 13.1 Å². The molecule has 2 atom stereocenters. The normalized spacial score (nSPS) is 12.4. The van der Waals surface area contributed by atoms with Gasteiger partial charge in [-0.2, -0.15) is 0 Å². The molecule has 0 aromatic rings. The lowest BCUT2D eigenvalue weighted by atomic mass is 9.94. The molecule has 0 radical (unpaired) electrons. The number of hydrogen-bond acceptors (Lipinski definition) is 8. The molecule has 488 valence electrons. The van der Waals surface area contributed by atoms with Crippen LogP contribution in [-0.4, -0.2) is 73.8 Å². The second-order valence-corrected chi connectivity index (χ2v) is 25.8. The van der Waals surface area contributed by atoms with E-state index in [9.17, 15) is 14.4 Å². The Morgan fingerprint density at radius 1 is 0.268 bits per heavy atom. The Balaban J connectivity index is 5.31. The van der Waals surface area contributed by atoms with Crippen molar-refractivity contribution in [2.24, 2.45) is 11.8 Å². The summed E-state index contributed by atoms with van der Waals surface area (Å²) >= 11 is 0. The number of unbranched alkanes of at least 4 members (excludes halogenated alkanes) is 44. The van der Waals surface area contributed by atoms with E-state index in [1.807, 2.05) is 5.06 Å². The van der Waals surface area contributed by atoms with Crippen LogP contribution in [0.2, 0.25) is 0 Å². The molecule has 8 heteroatoms. The zero-order chi connectivity index (χ0) is 59.7. The molecule has 0 bridgehead atoms. The summed E-state index contributed by atoms with van der Waals surface area (Å²) < 4.78 is 11.8. The average Bonchev–Trinajstić information content (AvgIpc) is 3.47. The predicted molar refractivity (Wildman–Crippen MR) is 356 cm³/mol. The number of nitrogens with zero attached hydrogens (tertiary/aromatic N) is 2. The molecule has 0 heterocycles. The minimum Gasteiger partial charge on any atom is -0.465 e. The van der Waals surface area contributed by atoms with E-state index in [4.69, 9.17) is 14.3 Å². The quantitative estimate of drug-likeness (QED) is 0.0338. The van der Waals surface area contributed by atoms with Gasteiger partial charge in [0.2, 0.25) is 0 Å². The van der Waals surface area contributed by atoms with Gasteiger partial charge < -0.3 is 14.3 Å². The monoisotopic (exact) mass is 1160 g/mol. The van der Waals surface area contributed by atoms with E-state index in [1.165, 1.54) is 231 Å². The van der Waals surface area contributed by atoms with Gasteiger partial charge in [0.1, 0.15) is 0 Å². The molecule has 0 fully saturated rings. The maximum absolute atomic E-state index is 13.9. The zero-order valence-corrected chi connectivity index (χ0v) is 56.5. The summed E-state index contributed by atoms with van der Waals surface area (Å²) in [5.41, 5.74) is 0. The molecular weight excluding hydrogens is 1010 g/mol. The van der Waals surface area contributed by atoms with Crippen LogP contribution < -0.4 is 0 Å². The maximum atomic E-state index is 13.9. The Kier molecular flexibility index (Phi) is 65.5. The third-order valence-electron chi connectivity index (χ3n) is 17.6. The number of esters is 2. The van der Waals surface area contributed by atoms with Gasteiger partial charge >= 0.3 is 17.9 Å². The smallest absolute Gasteiger partial charge is 0.339 e. The van der Waals surface area contributed by atoms with Gasteiger partial charge in [-0.25, -0.2) is 4.79 Å². The van der Waals surface area contributed by atoms with Crippen molar-refractivity contribution in [1.82, 2.24) is 9.96 Å². The highest BCUT2D eigenvalue weighted by Gasteiger charge is 2.21. The Morgan fingerprint density at radius 2 is 0.488 bits per heavy atom. The Bertz CT molecular complexity index is 1210. The van der Waals surface area contributed by atoms with Crippen molar-refractivity contribution in [3.63, 3.8) is 0 Å². The van der Waals surface area contributed by atoms with Crippen LogP contribution in [0.3, 0.4) is 0 Å². The minimum absolute atomic E-state index is 0.0534. The molecular formula is C74H146N2O6. The van der Waals surface area contributed by atoms with Crippen LogP contribution in [0.4, 0.5) is 0 Å². The summed E-state index contributed by atoms with van der Waals surface area (Å²) in [4.78, 5) is 48.9. The molecule has 0 aliphatic heterocycles. The van der Waals surface area contributed by atoms with E-state index in [0.29, 0.717) is 19.8 Å². The van der Waals surface area contributed by atoms with Crippen molar-refractivity contribution in [3.8, 4) is 0 Å². The first-order chi connectivity index (χ1) is 40.4. The largest absolute Gasteiger partial charge is 0.465 e. The molecule has 0 N–H and O–H groups in total. The van der Waals surface area contributed by atoms with E-state index in [-0.39, 0.29) is 29.7 Å². The van der Waals surface area contributed by atoms with Crippen molar-refractivity contribution in [2.45, 2.75) is 401 Å². The molecule has 8 nitrogen and oxygen atoms in total. The predicted octanol–water partition coefficient (Wildman–Crippen LogP) is 23.3. The lowest BCUT2D eigenvalue weighted by Gasteiger charge is -2.25. The molecule has 82 heavy (non-hydrogen) atoms. The summed E-state index contributed by atoms with van der Waals surface area (Å²) in [6.07, 6.45) is 68.1. The van der Waals surface area contributed by atoms with Crippen molar-refractivity contribution < 1.29 is 28.7 Å². The summed E-state index contributed by atoms with van der Waals surface area (Å²) in [6.45, 7) is 18.6. The van der Waals surface area contributed by atoms with E-state index in [2.05, 4.69) is 46.4 Å². The first-order valence-corrected chi connectivity index (χ1v) is 37.4. The third-order valence-corrected chi connectivity index (χ3v) is 17.6. The van der Waals surface area contributed by atoms with Crippen LogP contribution >= 0.6 is 0 Å². The molecule has 0 spiro atoms. The van der Waals surface area contributed by atoms with Gasteiger partial charge in [-0.15, -0.1) is 5.06 Å². The summed E-state index contributed by atoms with van der Waals surface area (Å²) in [6, 6.07) is 0. The highest BCUT2D eigenvalue weighted by Crippen LogP contribution is 2.23. The SMILES string of the molecule is CCCCCCCCCCCCN(CCCCCCCCCCCC)OC(=O)CN(CCCCCCCCOC(=O)C(CCCCCC)CCCCCCCC)CCCCCCCCOC(=O)C(CCCCCC)CCCCCCCC. The van der Waals surface area contributed by atoms with Crippen molar-refractivity contribution in [1.29, 1.82) is 0 Å². The van der Waals surface area contributed by atoms with Crippen LogP contribution in [0.15, 0.2) is 0 Å². The van der Waals surface area contributed by atoms with Gasteiger partial charge in [-0.1, -0.05) is 337 Å². The fraction of sp³-hybridized carbons (Fsp3) is 0.959. The Morgan fingerprint density at radius 3 is 0.768 bits per heavy atom. The number of carbonyl (C=O) groups excluding carboxylic acids is 3. The van der Waals surface area contributed by atoms with Crippen LogP contribution in [-0.2, 0) is 28.7 Å². The summed E-state index contributed by atoms with van der Waals surface area (Å²) in [5, 5.41) is 2.04. The number of hydroxylamine groups is 2. The number of rotatable bonds is 69. The van der Waals surface area contributed by atoms with Crippen LogP contribution in [0, 0.1) is 11.8 Å². The fourth-order valence-electron chi connectivity index (χ4n) is 12.0. The van der Waals surface area contributed by atoms with Crippen molar-refractivity contribution >= 4 is 17.9 Å². The van der Waals surface area contributed by atoms with Crippen molar-refractivity contribution in [3.05, 3.63) is 0 Å². The molecule has 0 amide bonds. The molecule has 0 aliphatic carbocycles. The van der Waals surface area contributed by atoms with Gasteiger partial charge in [-0.05, 0) is 77.3 Å². The molecule has 0 saturated heterocycles. The van der Waals surface area contributed by atoms with Crippen LogP contribution in [0.1, 0.15) is 401 Å². The fourth-order valence-corrected chi connectivity index (χ4v) is 12.0. The van der Waals surface area contributed by atoms with Crippen LogP contribution in [0.25, 0.3) is 0 Å². The van der Waals surface area contributed by atoms with Gasteiger partial charge in [0.25, 0.3) is 0 Å². The second-order valence-electron chi connectivity index (χ2n) is 25.8. The van der Waals surface area contributed by atoms with Gasteiger partial charge in [-0.3, -0.25) is 14.5 Å². The van der Waals surface area contributed by atoms with E-state index in [0.717, 1.165) is 155 Å². The molecule has 0 rings (SSSR count). The Hall–Kier alpha value is -1.67. The average molecular weight is 1160 g/mol. The first kappa shape index (κ1) is 80.3. The topological polar surface area (TPSA) is 85.4 Å². The molecule has 0 aliphatic rings. The maximum Gasteiger partial charge on any atom is 0.339 e. The summed E-state index contributed by atoms with van der Waals surface area (Å²) in [7, 11) is 0. The second kappa shape index (κ2) is 66.8. The molecule has 0 saturated carbocycles.